The van der Waals surface area contributed by atoms with Gasteiger partial charge in [-0.3, -0.25) is 0 Å². The summed E-state index contributed by atoms with van der Waals surface area (Å²) in [6.45, 7) is 5.48. The van der Waals surface area contributed by atoms with Gasteiger partial charge in [-0.15, -0.1) is 0 Å². The van der Waals surface area contributed by atoms with Crippen LogP contribution in [0.1, 0.15) is 18.5 Å². The lowest BCUT2D eigenvalue weighted by Gasteiger charge is -2.32. The van der Waals surface area contributed by atoms with Crippen LogP contribution in [0.3, 0.4) is 0 Å². The molecule has 0 unspecified atom stereocenters. The zero-order valence-electron chi connectivity index (χ0n) is 10.2. The summed E-state index contributed by atoms with van der Waals surface area (Å²) in [6.07, 6.45) is 2.55. The molecule has 88 valence electrons. The molecule has 0 spiro atoms. The van der Waals surface area contributed by atoms with E-state index in [-0.39, 0.29) is 0 Å². The van der Waals surface area contributed by atoms with Crippen molar-refractivity contribution in [3.05, 3.63) is 23.9 Å². The molecule has 1 N–H and O–H groups in total. The normalized spacial score (nSPS) is 17.8. The van der Waals surface area contributed by atoms with Gasteiger partial charge in [-0.05, 0) is 51.4 Å². The van der Waals surface area contributed by atoms with E-state index in [1.165, 1.54) is 12.8 Å². The summed E-state index contributed by atoms with van der Waals surface area (Å²) >= 11 is 0. The summed E-state index contributed by atoms with van der Waals surface area (Å²) in [6, 6.07) is 6.26. The third kappa shape index (κ3) is 2.73. The number of aromatic nitrogens is 1. The monoisotopic (exact) mass is 219 g/mol. The van der Waals surface area contributed by atoms with Gasteiger partial charge in [0.2, 0.25) is 0 Å². The third-order valence-electron chi connectivity index (χ3n) is 3.30. The molecule has 0 radical (unpaired) electrons. The number of rotatable bonds is 3. The number of piperidine rings is 1. The fraction of sp³-hybridized carbons (Fsp3) is 0.615. The highest BCUT2D eigenvalue weighted by atomic mass is 15.2. The predicted octanol–water partition coefficient (Wildman–Crippen LogP) is 1.83. The Morgan fingerprint density at radius 2 is 2.12 bits per heavy atom. The molecule has 0 amide bonds. The molecule has 1 aromatic rings. The number of anilines is 1. The van der Waals surface area contributed by atoms with Crippen LogP contribution in [0, 0.1) is 12.8 Å². The van der Waals surface area contributed by atoms with Crippen molar-refractivity contribution < 1.29 is 0 Å². The van der Waals surface area contributed by atoms with Crippen LogP contribution in [0.25, 0.3) is 0 Å². The van der Waals surface area contributed by atoms with Crippen molar-refractivity contribution in [1.29, 1.82) is 0 Å². The molecule has 3 nitrogen and oxygen atoms in total. The highest BCUT2D eigenvalue weighted by Crippen LogP contribution is 2.21. The first-order valence-corrected chi connectivity index (χ1v) is 6.13. The van der Waals surface area contributed by atoms with Gasteiger partial charge in [-0.1, -0.05) is 6.07 Å². The smallest absolute Gasteiger partial charge is 0.128 e. The summed E-state index contributed by atoms with van der Waals surface area (Å²) in [5.41, 5.74) is 1.11. The summed E-state index contributed by atoms with van der Waals surface area (Å²) in [5.74, 6) is 1.98. The van der Waals surface area contributed by atoms with Crippen LogP contribution in [-0.4, -0.2) is 31.7 Å². The standard InChI is InChI=1S/C13H21N3/c1-11-4-3-5-13(15-11)16-8-6-12(7-9-16)10-14-2/h3-5,12,14H,6-10H2,1-2H3. The molecule has 1 aromatic heterocycles. The highest BCUT2D eigenvalue weighted by Gasteiger charge is 2.19. The molecule has 0 aromatic carbocycles. The second-order valence-electron chi connectivity index (χ2n) is 4.63. The van der Waals surface area contributed by atoms with Crippen molar-refractivity contribution in [2.45, 2.75) is 19.8 Å². The fourth-order valence-electron chi connectivity index (χ4n) is 2.36. The van der Waals surface area contributed by atoms with Crippen LogP contribution >= 0.6 is 0 Å². The first kappa shape index (κ1) is 11.4. The van der Waals surface area contributed by atoms with Crippen molar-refractivity contribution in [2.75, 3.05) is 31.6 Å². The lowest BCUT2D eigenvalue weighted by Crippen LogP contribution is -2.37. The van der Waals surface area contributed by atoms with Crippen LogP contribution in [0.15, 0.2) is 18.2 Å². The van der Waals surface area contributed by atoms with Gasteiger partial charge in [0.25, 0.3) is 0 Å². The Balaban J connectivity index is 1.94. The molecule has 16 heavy (non-hydrogen) atoms. The topological polar surface area (TPSA) is 28.2 Å². The zero-order chi connectivity index (χ0) is 11.4. The first-order valence-electron chi connectivity index (χ1n) is 6.13. The van der Waals surface area contributed by atoms with Crippen molar-refractivity contribution in [3.8, 4) is 0 Å². The van der Waals surface area contributed by atoms with Gasteiger partial charge >= 0.3 is 0 Å². The summed E-state index contributed by atoms with van der Waals surface area (Å²) in [5, 5.41) is 3.27. The molecule has 2 heterocycles. The van der Waals surface area contributed by atoms with E-state index in [1.807, 2.05) is 7.05 Å². The third-order valence-corrected chi connectivity index (χ3v) is 3.30. The van der Waals surface area contributed by atoms with Gasteiger partial charge in [0.05, 0.1) is 0 Å². The van der Waals surface area contributed by atoms with Gasteiger partial charge in [-0.2, -0.15) is 0 Å². The fourth-order valence-corrected chi connectivity index (χ4v) is 2.36. The number of pyridine rings is 1. The molecule has 1 aliphatic heterocycles. The second-order valence-corrected chi connectivity index (χ2v) is 4.63. The Labute approximate surface area is 97.9 Å². The van der Waals surface area contributed by atoms with Gasteiger partial charge in [0, 0.05) is 18.8 Å². The SMILES string of the molecule is CNCC1CCN(c2cccc(C)n2)CC1. The van der Waals surface area contributed by atoms with E-state index in [9.17, 15) is 0 Å². The number of hydrogen-bond donors (Lipinski definition) is 1. The quantitative estimate of drug-likeness (QED) is 0.840. The minimum absolute atomic E-state index is 0.839. The summed E-state index contributed by atoms with van der Waals surface area (Å²) < 4.78 is 0. The lowest BCUT2D eigenvalue weighted by atomic mass is 9.97. The number of hydrogen-bond acceptors (Lipinski definition) is 3. The van der Waals surface area contributed by atoms with Gasteiger partial charge in [-0.25, -0.2) is 4.98 Å². The lowest BCUT2D eigenvalue weighted by molar-refractivity contribution is 0.392. The van der Waals surface area contributed by atoms with E-state index in [2.05, 4.69) is 40.3 Å². The molecule has 1 aliphatic rings. The van der Waals surface area contributed by atoms with E-state index in [0.29, 0.717) is 0 Å². The van der Waals surface area contributed by atoms with Crippen molar-refractivity contribution in [1.82, 2.24) is 10.3 Å². The highest BCUT2D eigenvalue weighted by molar-refractivity contribution is 5.39. The molecule has 0 aliphatic carbocycles. The Morgan fingerprint density at radius 3 is 2.75 bits per heavy atom. The average Bonchev–Trinajstić information content (AvgIpc) is 2.30. The van der Waals surface area contributed by atoms with Crippen LogP contribution in [0.4, 0.5) is 5.82 Å². The number of aryl methyl sites for hydroxylation is 1. The minimum atomic E-state index is 0.839. The van der Waals surface area contributed by atoms with Gasteiger partial charge < -0.3 is 10.2 Å². The van der Waals surface area contributed by atoms with Crippen LogP contribution in [0.2, 0.25) is 0 Å². The maximum absolute atomic E-state index is 4.58. The Bertz CT molecular complexity index is 330. The molecule has 0 saturated carbocycles. The van der Waals surface area contributed by atoms with Crippen molar-refractivity contribution >= 4 is 5.82 Å². The molecule has 0 bridgehead atoms. The molecule has 1 saturated heterocycles. The van der Waals surface area contributed by atoms with Crippen molar-refractivity contribution in [3.63, 3.8) is 0 Å². The number of nitrogens with zero attached hydrogens (tertiary/aromatic N) is 2. The molecule has 2 rings (SSSR count). The maximum atomic E-state index is 4.58. The van der Waals surface area contributed by atoms with E-state index in [4.69, 9.17) is 0 Å². The molecular formula is C13H21N3. The van der Waals surface area contributed by atoms with Gasteiger partial charge in [0.1, 0.15) is 5.82 Å². The molecule has 0 atom stereocenters. The van der Waals surface area contributed by atoms with E-state index >= 15 is 0 Å². The Kier molecular flexibility index (Phi) is 3.78. The van der Waals surface area contributed by atoms with Crippen LogP contribution in [-0.2, 0) is 0 Å². The Hall–Kier alpha value is -1.09. The maximum Gasteiger partial charge on any atom is 0.128 e. The minimum Gasteiger partial charge on any atom is -0.357 e. The van der Waals surface area contributed by atoms with Crippen LogP contribution in [0.5, 0.6) is 0 Å². The second kappa shape index (κ2) is 5.30. The zero-order valence-corrected chi connectivity index (χ0v) is 10.2. The van der Waals surface area contributed by atoms with E-state index < -0.39 is 0 Å². The molecular weight excluding hydrogens is 198 g/mol. The van der Waals surface area contributed by atoms with Crippen molar-refractivity contribution in [2.24, 2.45) is 5.92 Å². The summed E-state index contributed by atoms with van der Waals surface area (Å²) in [4.78, 5) is 6.98. The van der Waals surface area contributed by atoms with Crippen LogP contribution < -0.4 is 10.2 Å². The predicted molar refractivity (Wildman–Crippen MR) is 67.8 cm³/mol. The van der Waals surface area contributed by atoms with E-state index in [0.717, 1.165) is 37.1 Å². The van der Waals surface area contributed by atoms with E-state index in [1.54, 1.807) is 0 Å². The average molecular weight is 219 g/mol. The first-order chi connectivity index (χ1) is 7.79. The van der Waals surface area contributed by atoms with Gasteiger partial charge in [0.15, 0.2) is 0 Å². The molecule has 1 fully saturated rings. The summed E-state index contributed by atoms with van der Waals surface area (Å²) in [7, 11) is 2.04. The largest absolute Gasteiger partial charge is 0.357 e. The number of nitrogens with one attached hydrogen (secondary N) is 1. The Morgan fingerprint density at radius 1 is 1.38 bits per heavy atom. The molecule has 3 heteroatoms.